The summed E-state index contributed by atoms with van der Waals surface area (Å²) >= 11 is 0. The van der Waals surface area contributed by atoms with Crippen LogP contribution in [0.2, 0.25) is 0 Å². The van der Waals surface area contributed by atoms with Crippen LogP contribution in [0.5, 0.6) is 0 Å². The molecule has 0 fully saturated rings. The number of rotatable bonds is 8. The third kappa shape index (κ3) is 5.05. The molecule has 1 unspecified atom stereocenters. The van der Waals surface area contributed by atoms with Gasteiger partial charge in [-0.2, -0.15) is 17.9 Å². The second-order valence-electron chi connectivity index (χ2n) is 6.02. The van der Waals surface area contributed by atoms with Crippen molar-refractivity contribution in [2.75, 3.05) is 6.54 Å². The minimum absolute atomic E-state index is 0.236. The fraction of sp³-hybridized carbons (Fsp3) is 0.438. The number of carbonyl (C=O) groups excluding carboxylic acids is 1. The molecule has 8 heteroatoms. The van der Waals surface area contributed by atoms with Crippen molar-refractivity contribution in [3.63, 3.8) is 0 Å². The maximum atomic E-state index is 12.0. The van der Waals surface area contributed by atoms with Crippen molar-refractivity contribution < 1.29 is 13.2 Å². The number of benzene rings is 1. The van der Waals surface area contributed by atoms with Gasteiger partial charge in [-0.3, -0.25) is 4.79 Å². The number of H-pyrrole nitrogens is 1. The average molecular weight is 352 g/mol. The molecule has 24 heavy (non-hydrogen) atoms. The van der Waals surface area contributed by atoms with Gasteiger partial charge in [0.2, 0.25) is 5.91 Å². The highest BCUT2D eigenvalue weighted by Gasteiger charge is 2.20. The van der Waals surface area contributed by atoms with Gasteiger partial charge in [0, 0.05) is 29.7 Å². The van der Waals surface area contributed by atoms with Crippen LogP contribution < -0.4 is 14.8 Å². The normalized spacial score (nSPS) is 13.3. The second-order valence-corrected chi connectivity index (χ2v) is 7.49. The summed E-state index contributed by atoms with van der Waals surface area (Å²) in [5.41, 5.74) is 2.17. The fourth-order valence-electron chi connectivity index (χ4n) is 2.44. The number of carbonyl (C=O) groups is 1. The average Bonchev–Trinajstić information content (AvgIpc) is 2.88. The Kier molecular flexibility index (Phi) is 5.98. The zero-order valence-electron chi connectivity index (χ0n) is 14.1. The first kappa shape index (κ1) is 18.4. The summed E-state index contributed by atoms with van der Waals surface area (Å²) in [7, 11) is -3.69. The van der Waals surface area contributed by atoms with Crippen LogP contribution in [0.25, 0.3) is 10.9 Å². The van der Waals surface area contributed by atoms with Crippen molar-refractivity contribution in [3.8, 4) is 0 Å². The van der Waals surface area contributed by atoms with E-state index in [2.05, 4.69) is 19.7 Å². The molecule has 2 rings (SSSR count). The van der Waals surface area contributed by atoms with Gasteiger partial charge in [-0.15, -0.1) is 0 Å². The Morgan fingerprint density at radius 2 is 1.88 bits per heavy atom. The topological polar surface area (TPSA) is 103 Å². The molecule has 4 N–H and O–H groups in total. The number of aromatic nitrogens is 1. The summed E-state index contributed by atoms with van der Waals surface area (Å²) in [6.45, 7) is 5.38. The number of hydrogen-bond donors (Lipinski definition) is 4. The molecule has 7 nitrogen and oxygen atoms in total. The van der Waals surface area contributed by atoms with Gasteiger partial charge < -0.3 is 10.3 Å². The quantitative estimate of drug-likeness (QED) is 0.571. The molecule has 0 radical (unpaired) electrons. The van der Waals surface area contributed by atoms with Gasteiger partial charge in [0.05, 0.1) is 6.04 Å². The number of amides is 1. The highest BCUT2D eigenvalue weighted by Crippen LogP contribution is 2.17. The van der Waals surface area contributed by atoms with E-state index in [1.165, 1.54) is 6.92 Å². The van der Waals surface area contributed by atoms with Crippen LogP contribution in [0.4, 0.5) is 0 Å². The van der Waals surface area contributed by atoms with Crippen molar-refractivity contribution in [3.05, 3.63) is 36.0 Å². The summed E-state index contributed by atoms with van der Waals surface area (Å²) in [6.07, 6.45) is 2.59. The first-order valence-electron chi connectivity index (χ1n) is 7.91. The molecule has 1 aromatic heterocycles. The smallest absolute Gasteiger partial charge is 0.277 e. The summed E-state index contributed by atoms with van der Waals surface area (Å²) in [4.78, 5) is 15.2. The van der Waals surface area contributed by atoms with Gasteiger partial charge in [0.25, 0.3) is 10.2 Å². The molecule has 0 aliphatic rings. The van der Waals surface area contributed by atoms with Crippen LogP contribution in [0.3, 0.4) is 0 Å². The standard InChI is InChI=1S/C16H24N4O3S/c1-11(2)19-24(22,23)20-12(3)16(21)17-9-8-13-10-18-15-7-5-4-6-14(13)15/h4-7,10-12,18-20H,8-9H2,1-3H3,(H,17,21). The molecule has 0 spiro atoms. The maximum Gasteiger partial charge on any atom is 0.277 e. The van der Waals surface area contributed by atoms with E-state index in [1.807, 2.05) is 30.5 Å². The molecule has 1 amide bonds. The lowest BCUT2D eigenvalue weighted by molar-refractivity contribution is -0.122. The summed E-state index contributed by atoms with van der Waals surface area (Å²) in [6, 6.07) is 6.87. The van der Waals surface area contributed by atoms with E-state index in [1.54, 1.807) is 13.8 Å². The predicted octanol–water partition coefficient (Wildman–Crippen LogP) is 1.05. The minimum Gasteiger partial charge on any atom is -0.361 e. The van der Waals surface area contributed by atoms with Gasteiger partial charge in [0.15, 0.2) is 0 Å². The van der Waals surface area contributed by atoms with Crippen LogP contribution in [0.1, 0.15) is 26.3 Å². The van der Waals surface area contributed by atoms with E-state index in [4.69, 9.17) is 0 Å². The van der Waals surface area contributed by atoms with E-state index in [0.29, 0.717) is 13.0 Å². The summed E-state index contributed by atoms with van der Waals surface area (Å²) in [5.74, 6) is -0.357. The molecule has 1 heterocycles. The lowest BCUT2D eigenvalue weighted by atomic mass is 10.1. The van der Waals surface area contributed by atoms with Gasteiger partial charge in [-0.1, -0.05) is 18.2 Å². The van der Waals surface area contributed by atoms with Crippen molar-refractivity contribution >= 4 is 27.0 Å². The molecule has 0 saturated carbocycles. The zero-order valence-corrected chi connectivity index (χ0v) is 14.9. The first-order chi connectivity index (χ1) is 11.3. The Balaban J connectivity index is 1.84. The summed E-state index contributed by atoms with van der Waals surface area (Å²) < 4.78 is 28.2. The highest BCUT2D eigenvalue weighted by molar-refractivity contribution is 7.87. The number of para-hydroxylation sites is 1. The van der Waals surface area contributed by atoms with Crippen molar-refractivity contribution in [2.45, 2.75) is 39.3 Å². The lowest BCUT2D eigenvalue weighted by Crippen LogP contribution is -2.50. The first-order valence-corrected chi connectivity index (χ1v) is 9.39. The summed E-state index contributed by atoms with van der Waals surface area (Å²) in [5, 5.41) is 3.88. The Hall–Kier alpha value is -1.90. The molecule has 0 aliphatic heterocycles. The molecule has 1 aromatic carbocycles. The Bertz CT molecular complexity index is 799. The molecule has 0 saturated heterocycles. The molecule has 0 aliphatic carbocycles. The number of fused-ring (bicyclic) bond motifs is 1. The molecular formula is C16H24N4O3S. The van der Waals surface area contributed by atoms with Crippen LogP contribution in [-0.4, -0.2) is 37.9 Å². The molecule has 0 bridgehead atoms. The van der Waals surface area contributed by atoms with Crippen molar-refractivity contribution in [1.82, 2.24) is 19.7 Å². The number of nitrogens with one attached hydrogen (secondary N) is 4. The highest BCUT2D eigenvalue weighted by atomic mass is 32.2. The van der Waals surface area contributed by atoms with Gasteiger partial charge in [0.1, 0.15) is 0 Å². The van der Waals surface area contributed by atoms with Crippen LogP contribution in [0.15, 0.2) is 30.5 Å². The van der Waals surface area contributed by atoms with E-state index >= 15 is 0 Å². The van der Waals surface area contributed by atoms with Crippen molar-refractivity contribution in [2.24, 2.45) is 0 Å². The lowest BCUT2D eigenvalue weighted by Gasteiger charge is -2.16. The molecular weight excluding hydrogens is 328 g/mol. The SMILES string of the molecule is CC(C)NS(=O)(=O)NC(C)C(=O)NCCc1c[nH]c2ccccc12. The molecule has 1 atom stereocenters. The van der Waals surface area contributed by atoms with Gasteiger partial charge in [-0.05, 0) is 38.8 Å². The zero-order chi connectivity index (χ0) is 17.7. The largest absolute Gasteiger partial charge is 0.361 e. The van der Waals surface area contributed by atoms with Crippen LogP contribution >= 0.6 is 0 Å². The molecule has 132 valence electrons. The minimum atomic E-state index is -3.69. The van der Waals surface area contributed by atoms with E-state index in [-0.39, 0.29) is 11.9 Å². The van der Waals surface area contributed by atoms with E-state index in [0.717, 1.165) is 16.5 Å². The van der Waals surface area contributed by atoms with Crippen molar-refractivity contribution in [1.29, 1.82) is 0 Å². The van der Waals surface area contributed by atoms with Crippen LogP contribution in [-0.2, 0) is 21.4 Å². The third-order valence-corrected chi connectivity index (χ3v) is 4.93. The van der Waals surface area contributed by atoms with E-state index in [9.17, 15) is 13.2 Å². The van der Waals surface area contributed by atoms with Crippen LogP contribution in [0, 0.1) is 0 Å². The number of aromatic amines is 1. The molecule has 2 aromatic rings. The third-order valence-electron chi connectivity index (χ3n) is 3.48. The van der Waals surface area contributed by atoms with Gasteiger partial charge in [-0.25, -0.2) is 0 Å². The Morgan fingerprint density at radius 1 is 1.17 bits per heavy atom. The maximum absolute atomic E-state index is 12.0. The second kappa shape index (κ2) is 7.78. The van der Waals surface area contributed by atoms with E-state index < -0.39 is 16.3 Å². The predicted molar refractivity (Wildman–Crippen MR) is 94.8 cm³/mol. The Morgan fingerprint density at radius 3 is 2.58 bits per heavy atom. The monoisotopic (exact) mass is 352 g/mol. The number of hydrogen-bond acceptors (Lipinski definition) is 3. The Labute approximate surface area is 142 Å². The fourth-order valence-corrected chi connectivity index (χ4v) is 3.70. The van der Waals surface area contributed by atoms with Gasteiger partial charge >= 0.3 is 0 Å².